The van der Waals surface area contributed by atoms with E-state index < -0.39 is 0 Å². The maximum Gasteiger partial charge on any atom is 0.257 e. The molecule has 1 aromatic heterocycles. The van der Waals surface area contributed by atoms with E-state index in [0.29, 0.717) is 18.3 Å². The zero-order chi connectivity index (χ0) is 13.8. The molecule has 0 radical (unpaired) electrons. The van der Waals surface area contributed by atoms with E-state index in [4.69, 9.17) is 4.52 Å². The van der Waals surface area contributed by atoms with Crippen molar-refractivity contribution in [2.45, 2.75) is 31.8 Å². The molecule has 1 saturated heterocycles. The topological polar surface area (TPSA) is 62.4 Å². The molecule has 3 rings (SSSR count). The first-order valence-corrected chi connectivity index (χ1v) is 7.10. The maximum atomic E-state index is 9.42. The largest absolute Gasteiger partial charge is 0.395 e. The van der Waals surface area contributed by atoms with Crippen molar-refractivity contribution >= 4 is 0 Å². The molecule has 1 aliphatic rings. The van der Waals surface area contributed by atoms with E-state index in [2.05, 4.69) is 15.0 Å². The lowest BCUT2D eigenvalue weighted by molar-refractivity contribution is 0.0812. The van der Waals surface area contributed by atoms with Crippen LogP contribution in [0.5, 0.6) is 0 Å². The van der Waals surface area contributed by atoms with Crippen molar-refractivity contribution < 1.29 is 9.63 Å². The predicted molar refractivity (Wildman–Crippen MR) is 74.9 cm³/mol. The van der Waals surface area contributed by atoms with E-state index in [1.54, 1.807) is 0 Å². The number of hydrogen-bond donors (Lipinski definition) is 1. The van der Waals surface area contributed by atoms with Gasteiger partial charge in [0.1, 0.15) is 0 Å². The fourth-order valence-electron chi connectivity index (χ4n) is 2.67. The highest BCUT2D eigenvalue weighted by atomic mass is 16.5. The van der Waals surface area contributed by atoms with Crippen molar-refractivity contribution in [1.82, 2.24) is 15.0 Å². The van der Waals surface area contributed by atoms with Gasteiger partial charge in [0.25, 0.3) is 5.89 Å². The van der Waals surface area contributed by atoms with Crippen molar-refractivity contribution in [3.63, 3.8) is 0 Å². The number of piperidine rings is 1. The summed E-state index contributed by atoms with van der Waals surface area (Å²) in [5.41, 5.74) is 0.934. The van der Waals surface area contributed by atoms with Crippen LogP contribution in [0.4, 0.5) is 0 Å². The molecule has 1 N–H and O–H groups in total. The molecular formula is C15H19N3O2. The van der Waals surface area contributed by atoms with Gasteiger partial charge in [-0.3, -0.25) is 4.90 Å². The first-order valence-electron chi connectivity index (χ1n) is 7.10. The molecule has 0 aliphatic carbocycles. The van der Waals surface area contributed by atoms with Gasteiger partial charge in [-0.05, 0) is 31.5 Å². The van der Waals surface area contributed by atoms with Gasteiger partial charge in [-0.2, -0.15) is 4.98 Å². The predicted octanol–water partition coefficient (Wildman–Crippen LogP) is 2.08. The number of nitrogens with zero attached hydrogens (tertiary/aromatic N) is 3. The van der Waals surface area contributed by atoms with Crippen molar-refractivity contribution in [2.24, 2.45) is 0 Å². The Kier molecular flexibility index (Phi) is 4.08. The third-order valence-corrected chi connectivity index (χ3v) is 3.79. The van der Waals surface area contributed by atoms with Crippen molar-refractivity contribution in [1.29, 1.82) is 0 Å². The van der Waals surface area contributed by atoms with Crippen LogP contribution in [0.25, 0.3) is 11.5 Å². The molecule has 1 fully saturated rings. The van der Waals surface area contributed by atoms with Crippen molar-refractivity contribution in [2.75, 3.05) is 13.2 Å². The number of benzene rings is 1. The van der Waals surface area contributed by atoms with Gasteiger partial charge in [-0.1, -0.05) is 29.8 Å². The second-order valence-electron chi connectivity index (χ2n) is 5.18. The second-order valence-corrected chi connectivity index (χ2v) is 5.18. The first-order chi connectivity index (χ1) is 9.86. The molecule has 106 valence electrons. The van der Waals surface area contributed by atoms with Gasteiger partial charge < -0.3 is 9.63 Å². The minimum atomic E-state index is 0.198. The highest BCUT2D eigenvalue weighted by Crippen LogP contribution is 2.20. The molecule has 2 heterocycles. The molecule has 5 heteroatoms. The van der Waals surface area contributed by atoms with Crippen LogP contribution in [0.2, 0.25) is 0 Å². The van der Waals surface area contributed by atoms with Crippen LogP contribution in [0.1, 0.15) is 25.1 Å². The molecule has 0 spiro atoms. The van der Waals surface area contributed by atoms with Crippen molar-refractivity contribution in [3.05, 3.63) is 36.2 Å². The fourth-order valence-corrected chi connectivity index (χ4v) is 2.67. The summed E-state index contributed by atoms with van der Waals surface area (Å²) in [6.07, 6.45) is 3.39. The van der Waals surface area contributed by atoms with Crippen LogP contribution in [0.15, 0.2) is 34.9 Å². The van der Waals surface area contributed by atoms with Crippen LogP contribution in [-0.4, -0.2) is 39.3 Å². The molecule has 0 amide bonds. The van der Waals surface area contributed by atoms with Gasteiger partial charge >= 0.3 is 0 Å². The Labute approximate surface area is 118 Å². The Balaban J connectivity index is 1.71. The lowest BCUT2D eigenvalue weighted by atomic mass is 10.0. The Bertz CT molecular complexity index is 541. The highest BCUT2D eigenvalue weighted by Gasteiger charge is 2.23. The zero-order valence-electron chi connectivity index (χ0n) is 11.4. The number of rotatable bonds is 4. The van der Waals surface area contributed by atoms with Gasteiger partial charge in [0.15, 0.2) is 5.82 Å². The normalized spacial score (nSPS) is 20.1. The van der Waals surface area contributed by atoms with Crippen LogP contribution in [0.3, 0.4) is 0 Å². The Morgan fingerprint density at radius 1 is 1.25 bits per heavy atom. The molecule has 2 aromatic rings. The van der Waals surface area contributed by atoms with Crippen LogP contribution < -0.4 is 0 Å². The summed E-state index contributed by atoms with van der Waals surface area (Å²) in [6, 6.07) is 9.99. The van der Waals surface area contributed by atoms with E-state index in [1.165, 1.54) is 12.8 Å². The maximum absolute atomic E-state index is 9.42. The Hall–Kier alpha value is -1.72. The average molecular weight is 273 g/mol. The van der Waals surface area contributed by atoms with Gasteiger partial charge in [0.05, 0.1) is 13.2 Å². The lowest BCUT2D eigenvalue weighted by Gasteiger charge is -2.33. The van der Waals surface area contributed by atoms with E-state index in [-0.39, 0.29) is 12.6 Å². The van der Waals surface area contributed by atoms with Gasteiger partial charge in [0, 0.05) is 11.6 Å². The third-order valence-electron chi connectivity index (χ3n) is 3.79. The number of aliphatic hydroxyl groups is 1. The van der Waals surface area contributed by atoms with Gasteiger partial charge in [-0.25, -0.2) is 0 Å². The molecule has 5 nitrogen and oxygen atoms in total. The van der Waals surface area contributed by atoms with Crippen molar-refractivity contribution in [3.8, 4) is 11.5 Å². The van der Waals surface area contributed by atoms with E-state index in [0.717, 1.165) is 18.5 Å². The smallest absolute Gasteiger partial charge is 0.257 e. The van der Waals surface area contributed by atoms with E-state index in [1.807, 2.05) is 30.3 Å². The highest BCUT2D eigenvalue weighted by molar-refractivity contribution is 5.51. The SMILES string of the molecule is OCC1CCCCN1Cc1noc(-c2ccccc2)n1. The number of aliphatic hydroxyl groups excluding tert-OH is 1. The molecular weight excluding hydrogens is 254 g/mol. The summed E-state index contributed by atoms with van der Waals surface area (Å²) in [5, 5.41) is 13.5. The molecule has 1 unspecified atom stereocenters. The zero-order valence-corrected chi connectivity index (χ0v) is 11.4. The molecule has 20 heavy (non-hydrogen) atoms. The molecule has 0 saturated carbocycles. The van der Waals surface area contributed by atoms with Crippen LogP contribution in [0, 0.1) is 0 Å². The summed E-state index contributed by atoms with van der Waals surface area (Å²) >= 11 is 0. The monoisotopic (exact) mass is 273 g/mol. The minimum Gasteiger partial charge on any atom is -0.395 e. The third kappa shape index (κ3) is 2.89. The fraction of sp³-hybridized carbons (Fsp3) is 0.467. The second kappa shape index (κ2) is 6.15. The Morgan fingerprint density at radius 2 is 2.10 bits per heavy atom. The standard InChI is InChI=1S/C15H19N3O2/c19-11-13-8-4-5-9-18(13)10-14-16-15(20-17-14)12-6-2-1-3-7-12/h1-3,6-7,13,19H,4-5,8-11H2. The van der Waals surface area contributed by atoms with Gasteiger partial charge in [0.2, 0.25) is 0 Å². The summed E-state index contributed by atoms with van der Waals surface area (Å²) in [5.74, 6) is 1.24. The minimum absolute atomic E-state index is 0.198. The average Bonchev–Trinajstić information content (AvgIpc) is 2.97. The van der Waals surface area contributed by atoms with Gasteiger partial charge in [-0.15, -0.1) is 0 Å². The summed E-state index contributed by atoms with van der Waals surface area (Å²) < 4.78 is 5.31. The molecule has 0 bridgehead atoms. The number of aromatic nitrogens is 2. The Morgan fingerprint density at radius 3 is 2.90 bits per heavy atom. The van der Waals surface area contributed by atoms with Crippen LogP contribution >= 0.6 is 0 Å². The summed E-state index contributed by atoms with van der Waals surface area (Å²) in [7, 11) is 0. The summed E-state index contributed by atoms with van der Waals surface area (Å²) in [4.78, 5) is 6.68. The number of likely N-dealkylation sites (tertiary alicyclic amines) is 1. The van der Waals surface area contributed by atoms with E-state index >= 15 is 0 Å². The molecule has 1 aliphatic heterocycles. The lowest BCUT2D eigenvalue weighted by Crippen LogP contribution is -2.41. The quantitative estimate of drug-likeness (QED) is 0.924. The number of hydrogen-bond acceptors (Lipinski definition) is 5. The van der Waals surface area contributed by atoms with E-state index in [9.17, 15) is 5.11 Å². The molecule has 1 atom stereocenters. The first kappa shape index (κ1) is 13.3. The summed E-state index contributed by atoms with van der Waals surface area (Å²) in [6.45, 7) is 1.82. The molecule has 1 aromatic carbocycles. The van der Waals surface area contributed by atoms with Crippen LogP contribution in [-0.2, 0) is 6.54 Å².